The molecular formula is C11H19ClN4O. The SMILES string of the molecule is CCCCNC(=O)NCCCn1cc(Cl)cn1. The molecule has 0 spiro atoms. The predicted molar refractivity (Wildman–Crippen MR) is 68.2 cm³/mol. The number of nitrogens with zero attached hydrogens (tertiary/aromatic N) is 2. The lowest BCUT2D eigenvalue weighted by Crippen LogP contribution is -2.36. The number of carbonyl (C=O) groups excluding carboxylic acids is 1. The highest BCUT2D eigenvalue weighted by molar-refractivity contribution is 6.30. The van der Waals surface area contributed by atoms with E-state index in [1.807, 2.05) is 0 Å². The van der Waals surface area contributed by atoms with Crippen molar-refractivity contribution in [2.75, 3.05) is 13.1 Å². The van der Waals surface area contributed by atoms with Gasteiger partial charge in [0.1, 0.15) is 0 Å². The molecule has 2 amide bonds. The van der Waals surface area contributed by atoms with Gasteiger partial charge in [-0.1, -0.05) is 24.9 Å². The van der Waals surface area contributed by atoms with E-state index in [9.17, 15) is 4.79 Å². The molecule has 0 saturated heterocycles. The first-order chi connectivity index (χ1) is 8.22. The lowest BCUT2D eigenvalue weighted by molar-refractivity contribution is 0.240. The second kappa shape index (κ2) is 7.95. The molecule has 0 aliphatic heterocycles. The van der Waals surface area contributed by atoms with E-state index in [-0.39, 0.29) is 6.03 Å². The summed E-state index contributed by atoms with van der Waals surface area (Å²) in [6.45, 7) is 4.21. The van der Waals surface area contributed by atoms with Gasteiger partial charge in [-0.25, -0.2) is 4.79 Å². The van der Waals surface area contributed by atoms with Gasteiger partial charge in [0, 0.05) is 25.8 Å². The summed E-state index contributed by atoms with van der Waals surface area (Å²) in [5, 5.41) is 10.3. The number of urea groups is 1. The van der Waals surface area contributed by atoms with Gasteiger partial charge in [0.15, 0.2) is 0 Å². The largest absolute Gasteiger partial charge is 0.338 e. The van der Waals surface area contributed by atoms with Crippen LogP contribution in [0.3, 0.4) is 0 Å². The van der Waals surface area contributed by atoms with Crippen LogP contribution in [0.15, 0.2) is 12.4 Å². The van der Waals surface area contributed by atoms with Crippen LogP contribution < -0.4 is 10.6 Å². The van der Waals surface area contributed by atoms with Crippen molar-refractivity contribution < 1.29 is 4.79 Å². The zero-order valence-corrected chi connectivity index (χ0v) is 10.8. The van der Waals surface area contributed by atoms with Crippen molar-refractivity contribution in [3.8, 4) is 0 Å². The third-order valence-electron chi connectivity index (χ3n) is 2.27. The molecule has 0 fully saturated rings. The second-order valence-corrected chi connectivity index (χ2v) is 4.25. The van der Waals surface area contributed by atoms with Crippen molar-refractivity contribution in [2.24, 2.45) is 0 Å². The van der Waals surface area contributed by atoms with Gasteiger partial charge in [-0.2, -0.15) is 5.10 Å². The van der Waals surface area contributed by atoms with Crippen LogP contribution in [0.2, 0.25) is 5.02 Å². The van der Waals surface area contributed by atoms with Crippen molar-refractivity contribution in [1.82, 2.24) is 20.4 Å². The number of rotatable bonds is 7. The fourth-order valence-electron chi connectivity index (χ4n) is 1.34. The van der Waals surface area contributed by atoms with Crippen LogP contribution in [0.5, 0.6) is 0 Å². The fourth-order valence-corrected chi connectivity index (χ4v) is 1.50. The van der Waals surface area contributed by atoms with Crippen LogP contribution in [0.25, 0.3) is 0 Å². The Labute approximate surface area is 107 Å². The summed E-state index contributed by atoms with van der Waals surface area (Å²) >= 11 is 5.73. The molecule has 0 radical (unpaired) electrons. The molecule has 1 aromatic rings. The highest BCUT2D eigenvalue weighted by Crippen LogP contribution is 2.04. The van der Waals surface area contributed by atoms with Gasteiger partial charge in [0.2, 0.25) is 0 Å². The average molecular weight is 259 g/mol. The van der Waals surface area contributed by atoms with Gasteiger partial charge in [0.05, 0.1) is 11.2 Å². The summed E-state index contributed by atoms with van der Waals surface area (Å²) in [6, 6.07) is -0.100. The van der Waals surface area contributed by atoms with Crippen molar-refractivity contribution in [1.29, 1.82) is 0 Å². The number of unbranched alkanes of at least 4 members (excludes halogenated alkanes) is 1. The van der Waals surface area contributed by atoms with Crippen LogP contribution in [0.4, 0.5) is 4.79 Å². The number of hydrogen-bond donors (Lipinski definition) is 2. The minimum absolute atomic E-state index is 0.100. The third-order valence-corrected chi connectivity index (χ3v) is 2.46. The van der Waals surface area contributed by atoms with Gasteiger partial charge >= 0.3 is 6.03 Å². The molecule has 0 bridgehead atoms. The zero-order chi connectivity index (χ0) is 12.5. The zero-order valence-electron chi connectivity index (χ0n) is 10.1. The van der Waals surface area contributed by atoms with Gasteiger partial charge in [-0.15, -0.1) is 0 Å². The summed E-state index contributed by atoms with van der Waals surface area (Å²) in [6.07, 6.45) is 6.30. The number of hydrogen-bond acceptors (Lipinski definition) is 2. The maximum absolute atomic E-state index is 11.3. The normalized spacial score (nSPS) is 10.2. The minimum Gasteiger partial charge on any atom is -0.338 e. The summed E-state index contributed by atoms with van der Waals surface area (Å²) in [7, 11) is 0. The Bertz CT molecular complexity index is 340. The lowest BCUT2D eigenvalue weighted by Gasteiger charge is -2.06. The fraction of sp³-hybridized carbons (Fsp3) is 0.636. The molecule has 0 atom stereocenters. The Balaban J connectivity index is 2.02. The third kappa shape index (κ3) is 6.16. The molecule has 0 unspecified atom stereocenters. The lowest BCUT2D eigenvalue weighted by atomic mass is 10.3. The number of carbonyl (C=O) groups is 1. The van der Waals surface area contributed by atoms with E-state index in [4.69, 9.17) is 11.6 Å². The van der Waals surface area contributed by atoms with Crippen LogP contribution in [-0.4, -0.2) is 28.9 Å². The molecule has 0 aliphatic carbocycles. The average Bonchev–Trinajstić information content (AvgIpc) is 2.71. The van der Waals surface area contributed by atoms with Gasteiger partial charge < -0.3 is 10.6 Å². The molecule has 0 aromatic carbocycles. The molecule has 1 heterocycles. The molecular weight excluding hydrogens is 240 g/mol. The van der Waals surface area contributed by atoms with E-state index < -0.39 is 0 Å². The van der Waals surface area contributed by atoms with E-state index in [1.165, 1.54) is 0 Å². The number of halogens is 1. The summed E-state index contributed by atoms with van der Waals surface area (Å²) in [4.78, 5) is 11.3. The molecule has 17 heavy (non-hydrogen) atoms. The van der Waals surface area contributed by atoms with Gasteiger partial charge in [-0.05, 0) is 12.8 Å². The molecule has 0 saturated carbocycles. The first-order valence-corrected chi connectivity index (χ1v) is 6.30. The van der Waals surface area contributed by atoms with Crippen LogP contribution in [0, 0.1) is 0 Å². The number of nitrogens with one attached hydrogen (secondary N) is 2. The van der Waals surface area contributed by atoms with E-state index in [0.717, 1.165) is 32.4 Å². The molecule has 5 nitrogen and oxygen atoms in total. The molecule has 0 aliphatic rings. The van der Waals surface area contributed by atoms with Crippen molar-refractivity contribution in [3.63, 3.8) is 0 Å². The highest BCUT2D eigenvalue weighted by Gasteiger charge is 1.99. The number of amides is 2. The molecule has 1 rings (SSSR count). The Kier molecular flexibility index (Phi) is 6.47. The Morgan fingerprint density at radius 1 is 1.41 bits per heavy atom. The van der Waals surface area contributed by atoms with E-state index in [1.54, 1.807) is 17.1 Å². The quantitative estimate of drug-likeness (QED) is 0.735. The minimum atomic E-state index is -0.100. The van der Waals surface area contributed by atoms with Gasteiger partial charge in [-0.3, -0.25) is 4.68 Å². The smallest absolute Gasteiger partial charge is 0.314 e. The first kappa shape index (κ1) is 13.8. The van der Waals surface area contributed by atoms with Crippen LogP contribution in [-0.2, 0) is 6.54 Å². The summed E-state index contributed by atoms with van der Waals surface area (Å²) in [5.41, 5.74) is 0. The van der Waals surface area contributed by atoms with Crippen molar-refractivity contribution in [2.45, 2.75) is 32.7 Å². The van der Waals surface area contributed by atoms with Crippen LogP contribution >= 0.6 is 11.6 Å². The molecule has 96 valence electrons. The highest BCUT2D eigenvalue weighted by atomic mass is 35.5. The standard InChI is InChI=1S/C11H19ClN4O/c1-2-3-5-13-11(17)14-6-4-7-16-9-10(12)8-15-16/h8-9H,2-7H2,1H3,(H2,13,14,17). The molecule has 6 heteroatoms. The number of aryl methyl sites for hydroxylation is 1. The Morgan fingerprint density at radius 2 is 2.12 bits per heavy atom. The van der Waals surface area contributed by atoms with E-state index in [0.29, 0.717) is 11.6 Å². The summed E-state index contributed by atoms with van der Waals surface area (Å²) in [5.74, 6) is 0. The van der Waals surface area contributed by atoms with E-state index >= 15 is 0 Å². The summed E-state index contributed by atoms with van der Waals surface area (Å²) < 4.78 is 1.76. The van der Waals surface area contributed by atoms with Crippen molar-refractivity contribution in [3.05, 3.63) is 17.4 Å². The monoisotopic (exact) mass is 258 g/mol. The first-order valence-electron chi connectivity index (χ1n) is 5.92. The Hall–Kier alpha value is -1.23. The second-order valence-electron chi connectivity index (χ2n) is 3.81. The number of aromatic nitrogens is 2. The molecule has 2 N–H and O–H groups in total. The maximum Gasteiger partial charge on any atom is 0.314 e. The van der Waals surface area contributed by atoms with E-state index in [2.05, 4.69) is 22.7 Å². The topological polar surface area (TPSA) is 59.0 Å². The van der Waals surface area contributed by atoms with Crippen molar-refractivity contribution >= 4 is 17.6 Å². The van der Waals surface area contributed by atoms with Gasteiger partial charge in [0.25, 0.3) is 0 Å². The maximum atomic E-state index is 11.3. The predicted octanol–water partition coefficient (Wildman–Crippen LogP) is 2.03. The van der Waals surface area contributed by atoms with Crippen LogP contribution in [0.1, 0.15) is 26.2 Å². The molecule has 1 aromatic heterocycles. The Morgan fingerprint density at radius 3 is 2.71 bits per heavy atom.